The number of carbonyl (C=O) groups excluding carboxylic acids is 1. The predicted molar refractivity (Wildman–Crippen MR) is 92.1 cm³/mol. The smallest absolute Gasteiger partial charge is 0.338 e. The van der Waals surface area contributed by atoms with E-state index in [9.17, 15) is 9.90 Å². The Bertz CT molecular complexity index is 688. The number of carbonyl (C=O) groups is 1. The van der Waals surface area contributed by atoms with E-state index in [-0.39, 0.29) is 6.61 Å². The van der Waals surface area contributed by atoms with Crippen LogP contribution in [0.15, 0.2) is 60.7 Å². The fourth-order valence-electron chi connectivity index (χ4n) is 3.06. The molecule has 3 atom stereocenters. The van der Waals surface area contributed by atoms with Gasteiger partial charge < -0.3 is 19.3 Å². The first-order valence-corrected chi connectivity index (χ1v) is 8.27. The molecule has 132 valence electrons. The molecule has 0 saturated carbocycles. The summed E-state index contributed by atoms with van der Waals surface area (Å²) in [7, 11) is 1.53. The van der Waals surface area contributed by atoms with Gasteiger partial charge >= 0.3 is 5.97 Å². The van der Waals surface area contributed by atoms with E-state index in [2.05, 4.69) is 0 Å². The molecular formula is C20H22O5. The second-order valence-corrected chi connectivity index (χ2v) is 6.22. The molecule has 0 amide bonds. The molecule has 0 aromatic heterocycles. The van der Waals surface area contributed by atoms with Gasteiger partial charge in [-0.2, -0.15) is 0 Å². The monoisotopic (exact) mass is 342 g/mol. The molecule has 0 radical (unpaired) electrons. The Morgan fingerprint density at radius 1 is 1.16 bits per heavy atom. The number of aliphatic hydroxyl groups is 1. The Kier molecular flexibility index (Phi) is 5.48. The number of ether oxygens (including phenoxy) is 3. The van der Waals surface area contributed by atoms with Crippen molar-refractivity contribution in [3.8, 4) is 0 Å². The van der Waals surface area contributed by atoms with Gasteiger partial charge in [0.25, 0.3) is 0 Å². The molecule has 3 rings (SSSR count). The van der Waals surface area contributed by atoms with Crippen LogP contribution in [0.5, 0.6) is 0 Å². The third-order valence-corrected chi connectivity index (χ3v) is 4.43. The van der Waals surface area contributed by atoms with Crippen molar-refractivity contribution < 1.29 is 24.1 Å². The van der Waals surface area contributed by atoms with Crippen molar-refractivity contribution in [3.63, 3.8) is 0 Å². The fourth-order valence-corrected chi connectivity index (χ4v) is 3.06. The second kappa shape index (κ2) is 7.78. The van der Waals surface area contributed by atoms with E-state index >= 15 is 0 Å². The van der Waals surface area contributed by atoms with Gasteiger partial charge in [0.05, 0.1) is 5.56 Å². The lowest BCUT2D eigenvalue weighted by molar-refractivity contribution is -0.136. The molecular weight excluding hydrogens is 320 g/mol. The quantitative estimate of drug-likeness (QED) is 0.818. The molecule has 1 saturated heterocycles. The molecule has 2 aromatic rings. The normalized spacial score (nSPS) is 25.7. The maximum absolute atomic E-state index is 12.1. The lowest BCUT2D eigenvalue weighted by atomic mass is 9.88. The van der Waals surface area contributed by atoms with Crippen molar-refractivity contribution in [2.24, 2.45) is 0 Å². The fraction of sp³-hybridized carbons (Fsp3) is 0.350. The van der Waals surface area contributed by atoms with Crippen LogP contribution in [0.2, 0.25) is 0 Å². The molecule has 1 aliphatic rings. The molecule has 25 heavy (non-hydrogen) atoms. The van der Waals surface area contributed by atoms with Crippen molar-refractivity contribution in [1.82, 2.24) is 0 Å². The van der Waals surface area contributed by atoms with Gasteiger partial charge in [-0.25, -0.2) is 4.79 Å². The minimum Gasteiger partial charge on any atom is -0.459 e. The minimum atomic E-state index is -1.15. The highest BCUT2D eigenvalue weighted by atomic mass is 16.7. The molecule has 0 spiro atoms. The van der Waals surface area contributed by atoms with E-state index in [1.807, 2.05) is 36.4 Å². The van der Waals surface area contributed by atoms with Gasteiger partial charge in [0.15, 0.2) is 6.29 Å². The summed E-state index contributed by atoms with van der Waals surface area (Å²) in [6, 6.07) is 18.4. The van der Waals surface area contributed by atoms with Crippen LogP contribution < -0.4 is 0 Å². The highest BCUT2D eigenvalue weighted by Crippen LogP contribution is 2.34. The van der Waals surface area contributed by atoms with E-state index in [4.69, 9.17) is 14.2 Å². The topological polar surface area (TPSA) is 65.0 Å². The van der Waals surface area contributed by atoms with Crippen LogP contribution in [0, 0.1) is 0 Å². The first-order chi connectivity index (χ1) is 12.1. The molecule has 5 nitrogen and oxygen atoms in total. The summed E-state index contributed by atoms with van der Waals surface area (Å²) in [4.78, 5) is 12.1. The Morgan fingerprint density at radius 2 is 1.80 bits per heavy atom. The maximum atomic E-state index is 12.1. The lowest BCUT2D eigenvalue weighted by Crippen LogP contribution is -2.43. The average Bonchev–Trinajstić information content (AvgIpc) is 2.96. The van der Waals surface area contributed by atoms with Crippen molar-refractivity contribution >= 4 is 5.97 Å². The second-order valence-electron chi connectivity index (χ2n) is 6.22. The molecule has 5 heteroatoms. The van der Waals surface area contributed by atoms with Gasteiger partial charge in [-0.05, 0) is 17.7 Å². The predicted octanol–water partition coefficient (Wildman–Crippen LogP) is 2.58. The number of esters is 1. The molecule has 1 N–H and O–H groups in total. The molecule has 1 fully saturated rings. The van der Waals surface area contributed by atoms with Gasteiger partial charge in [-0.1, -0.05) is 48.5 Å². The van der Waals surface area contributed by atoms with Gasteiger partial charge in [0, 0.05) is 20.0 Å². The van der Waals surface area contributed by atoms with Gasteiger partial charge in [-0.3, -0.25) is 0 Å². The highest BCUT2D eigenvalue weighted by molar-refractivity contribution is 5.89. The zero-order valence-electron chi connectivity index (χ0n) is 14.1. The average molecular weight is 342 g/mol. The van der Waals surface area contributed by atoms with Gasteiger partial charge in [0.1, 0.15) is 18.3 Å². The van der Waals surface area contributed by atoms with E-state index in [1.165, 1.54) is 7.11 Å². The third kappa shape index (κ3) is 4.25. The molecule has 1 heterocycles. The summed E-state index contributed by atoms with van der Waals surface area (Å²) >= 11 is 0. The number of hydrogen-bond acceptors (Lipinski definition) is 5. The Balaban J connectivity index is 1.68. The summed E-state index contributed by atoms with van der Waals surface area (Å²) in [5.41, 5.74) is 0.305. The standard InChI is InChI=1S/C20H22O5/c1-23-18-13-20(22,12-15-8-4-2-5-9-15)17(25-18)14-24-19(21)16-10-6-3-7-11-16/h2-11,17-18,22H,12-14H2,1H3/t17-,18+,20+/m1/s1. The van der Waals surface area contributed by atoms with E-state index in [0.29, 0.717) is 18.4 Å². The maximum Gasteiger partial charge on any atom is 0.338 e. The first kappa shape index (κ1) is 17.6. The summed E-state index contributed by atoms with van der Waals surface area (Å²) in [5.74, 6) is -0.438. The zero-order valence-corrected chi connectivity index (χ0v) is 14.1. The van der Waals surface area contributed by atoms with Crippen molar-refractivity contribution in [1.29, 1.82) is 0 Å². The van der Waals surface area contributed by atoms with E-state index in [0.717, 1.165) is 5.56 Å². The van der Waals surface area contributed by atoms with Crippen LogP contribution >= 0.6 is 0 Å². The largest absolute Gasteiger partial charge is 0.459 e. The van der Waals surface area contributed by atoms with Crippen LogP contribution in [-0.4, -0.2) is 42.8 Å². The number of rotatable bonds is 6. The Hall–Kier alpha value is -2.21. The van der Waals surface area contributed by atoms with E-state index < -0.39 is 24.0 Å². The van der Waals surface area contributed by atoms with Gasteiger partial charge in [-0.15, -0.1) is 0 Å². The summed E-state index contributed by atoms with van der Waals surface area (Å²) < 4.78 is 16.3. The highest BCUT2D eigenvalue weighted by Gasteiger charge is 2.48. The zero-order chi connectivity index (χ0) is 17.7. The first-order valence-electron chi connectivity index (χ1n) is 8.27. The molecule has 0 bridgehead atoms. The summed E-state index contributed by atoms with van der Waals surface area (Å²) in [6.07, 6.45) is -0.438. The Morgan fingerprint density at radius 3 is 2.44 bits per heavy atom. The van der Waals surface area contributed by atoms with Crippen LogP contribution in [0.1, 0.15) is 22.3 Å². The number of methoxy groups -OCH3 is 1. The van der Waals surface area contributed by atoms with Crippen LogP contribution in [-0.2, 0) is 20.6 Å². The summed E-state index contributed by atoms with van der Waals surface area (Å²) in [5, 5.41) is 11.1. The van der Waals surface area contributed by atoms with Crippen molar-refractivity contribution in [2.45, 2.75) is 30.8 Å². The van der Waals surface area contributed by atoms with Crippen LogP contribution in [0.25, 0.3) is 0 Å². The van der Waals surface area contributed by atoms with Crippen molar-refractivity contribution in [3.05, 3.63) is 71.8 Å². The number of benzene rings is 2. The molecule has 2 aromatic carbocycles. The van der Waals surface area contributed by atoms with Crippen molar-refractivity contribution in [2.75, 3.05) is 13.7 Å². The molecule has 0 aliphatic carbocycles. The third-order valence-electron chi connectivity index (χ3n) is 4.43. The minimum absolute atomic E-state index is 0.0308. The molecule has 1 aliphatic heterocycles. The summed E-state index contributed by atoms with van der Waals surface area (Å²) in [6.45, 7) is -0.0308. The van der Waals surface area contributed by atoms with Crippen LogP contribution in [0.3, 0.4) is 0 Å². The SMILES string of the molecule is CO[C@@H]1C[C@@](O)(Cc2ccccc2)[C@@H](COC(=O)c2ccccc2)O1. The molecule has 0 unspecified atom stereocenters. The Labute approximate surface area is 147 Å². The van der Waals surface area contributed by atoms with E-state index in [1.54, 1.807) is 24.3 Å². The lowest BCUT2D eigenvalue weighted by Gasteiger charge is -2.28. The number of hydrogen-bond donors (Lipinski definition) is 1. The van der Waals surface area contributed by atoms with Gasteiger partial charge in [0.2, 0.25) is 0 Å². The van der Waals surface area contributed by atoms with Crippen LogP contribution in [0.4, 0.5) is 0 Å².